The number of benzene rings is 1. The van der Waals surface area contributed by atoms with Crippen molar-refractivity contribution < 1.29 is 9.32 Å². The zero-order valence-corrected chi connectivity index (χ0v) is 14.4. The number of aryl methyl sites for hydroxylation is 1. The van der Waals surface area contributed by atoms with Gasteiger partial charge in [0.25, 0.3) is 0 Å². The molecule has 2 heterocycles. The molecule has 2 fully saturated rings. The molecular formula is C20H23N3O2. The minimum atomic E-state index is 0.000367. The molecule has 3 aliphatic rings. The van der Waals surface area contributed by atoms with E-state index in [9.17, 15) is 4.79 Å². The van der Waals surface area contributed by atoms with E-state index in [0.717, 1.165) is 51.0 Å². The molecule has 2 aliphatic carbocycles. The summed E-state index contributed by atoms with van der Waals surface area (Å²) in [5.41, 5.74) is 2.77. The van der Waals surface area contributed by atoms with Gasteiger partial charge in [-0.15, -0.1) is 0 Å². The van der Waals surface area contributed by atoms with Crippen LogP contribution in [-0.4, -0.2) is 27.5 Å². The molecule has 0 radical (unpaired) electrons. The molecule has 5 nitrogen and oxygen atoms in total. The molecule has 0 spiro atoms. The number of rotatable bonds is 4. The van der Waals surface area contributed by atoms with Crippen LogP contribution >= 0.6 is 0 Å². The van der Waals surface area contributed by atoms with E-state index in [1.165, 1.54) is 11.1 Å². The van der Waals surface area contributed by atoms with E-state index in [-0.39, 0.29) is 11.9 Å². The molecule has 1 aromatic carbocycles. The van der Waals surface area contributed by atoms with Gasteiger partial charge in [0.1, 0.15) is 0 Å². The van der Waals surface area contributed by atoms with Gasteiger partial charge in [-0.05, 0) is 55.6 Å². The van der Waals surface area contributed by atoms with Gasteiger partial charge in [0.2, 0.25) is 11.8 Å². The lowest BCUT2D eigenvalue weighted by Crippen LogP contribution is -2.32. The first-order valence-corrected chi connectivity index (χ1v) is 9.50. The quantitative estimate of drug-likeness (QED) is 0.853. The van der Waals surface area contributed by atoms with E-state index in [2.05, 4.69) is 34.4 Å². The molecule has 25 heavy (non-hydrogen) atoms. The highest BCUT2D eigenvalue weighted by molar-refractivity contribution is 5.78. The van der Waals surface area contributed by atoms with Gasteiger partial charge >= 0.3 is 0 Å². The number of aromatic nitrogens is 2. The lowest BCUT2D eigenvalue weighted by molar-refractivity contribution is -0.132. The highest BCUT2D eigenvalue weighted by Crippen LogP contribution is 2.41. The molecule has 2 unspecified atom stereocenters. The molecule has 0 N–H and O–H groups in total. The third-order valence-corrected chi connectivity index (χ3v) is 5.93. The second-order valence-corrected chi connectivity index (χ2v) is 7.65. The van der Waals surface area contributed by atoms with Crippen molar-refractivity contribution in [1.29, 1.82) is 0 Å². The monoisotopic (exact) mass is 337 g/mol. The van der Waals surface area contributed by atoms with E-state index in [1.54, 1.807) is 0 Å². The van der Waals surface area contributed by atoms with Crippen LogP contribution < -0.4 is 0 Å². The topological polar surface area (TPSA) is 59.2 Å². The number of carbonyl (C=O) groups is 1. The number of nitrogens with zero attached hydrogens (tertiary/aromatic N) is 3. The minimum absolute atomic E-state index is 0.000367. The van der Waals surface area contributed by atoms with Gasteiger partial charge in [-0.25, -0.2) is 0 Å². The van der Waals surface area contributed by atoms with Gasteiger partial charge in [0, 0.05) is 18.9 Å². The van der Waals surface area contributed by atoms with Crippen molar-refractivity contribution >= 4 is 5.91 Å². The summed E-state index contributed by atoms with van der Waals surface area (Å²) in [5, 5.41) is 4.18. The Morgan fingerprint density at radius 3 is 2.96 bits per heavy atom. The van der Waals surface area contributed by atoms with Crippen LogP contribution in [-0.2, 0) is 11.2 Å². The van der Waals surface area contributed by atoms with E-state index in [1.807, 2.05) is 4.90 Å². The third-order valence-electron chi connectivity index (χ3n) is 5.93. The summed E-state index contributed by atoms with van der Waals surface area (Å²) in [4.78, 5) is 19.6. The summed E-state index contributed by atoms with van der Waals surface area (Å²) >= 11 is 0. The molecule has 130 valence electrons. The standard InChI is InChI=1S/C20H23N3O2/c24-18(12-15-10-7-13-4-1-2-5-16(13)15)23-11-3-6-17(23)19-21-20(25-22-19)14-8-9-14/h1-2,4-5,14-15,17H,3,6-12H2. The molecule has 5 heteroatoms. The highest BCUT2D eigenvalue weighted by atomic mass is 16.5. The Bertz CT molecular complexity index is 796. The maximum absolute atomic E-state index is 13.0. The predicted octanol–water partition coefficient (Wildman–Crippen LogP) is 3.73. The normalized spacial score (nSPS) is 25.4. The number of likely N-dealkylation sites (tertiary alicyclic amines) is 1. The maximum atomic E-state index is 13.0. The molecule has 2 atom stereocenters. The van der Waals surface area contributed by atoms with Gasteiger partial charge in [0.05, 0.1) is 6.04 Å². The number of carbonyl (C=O) groups excluding carboxylic acids is 1. The Morgan fingerprint density at radius 1 is 1.20 bits per heavy atom. The average molecular weight is 337 g/mol. The van der Waals surface area contributed by atoms with E-state index >= 15 is 0 Å². The van der Waals surface area contributed by atoms with Crippen LogP contribution in [0.4, 0.5) is 0 Å². The van der Waals surface area contributed by atoms with Crippen LogP contribution in [0, 0.1) is 0 Å². The van der Waals surface area contributed by atoms with Gasteiger partial charge in [-0.2, -0.15) is 4.98 Å². The van der Waals surface area contributed by atoms with E-state index in [0.29, 0.717) is 24.1 Å². The molecule has 1 aromatic heterocycles. The average Bonchev–Trinajstić information content (AvgIpc) is 3.04. The number of hydrogen-bond acceptors (Lipinski definition) is 4. The van der Waals surface area contributed by atoms with Crippen molar-refractivity contribution in [2.45, 2.75) is 62.8 Å². The van der Waals surface area contributed by atoms with Crippen molar-refractivity contribution in [3.63, 3.8) is 0 Å². The summed E-state index contributed by atoms with van der Waals surface area (Å²) in [6.07, 6.45) is 7.03. The van der Waals surface area contributed by atoms with Crippen LogP contribution in [0.5, 0.6) is 0 Å². The lowest BCUT2D eigenvalue weighted by Gasteiger charge is -2.24. The van der Waals surface area contributed by atoms with Gasteiger partial charge in [0.15, 0.2) is 5.82 Å². The third kappa shape index (κ3) is 2.75. The zero-order valence-electron chi connectivity index (χ0n) is 14.4. The SMILES string of the molecule is O=C(CC1CCc2ccccc21)N1CCCC1c1noc(C2CC2)n1. The number of amides is 1. The lowest BCUT2D eigenvalue weighted by atomic mass is 9.97. The molecule has 1 saturated carbocycles. The Labute approximate surface area is 147 Å². The summed E-state index contributed by atoms with van der Waals surface area (Å²) in [6.45, 7) is 0.811. The first kappa shape index (κ1) is 15.1. The second kappa shape index (κ2) is 5.97. The fraction of sp³-hybridized carbons (Fsp3) is 0.550. The summed E-state index contributed by atoms with van der Waals surface area (Å²) in [5.74, 6) is 2.53. The summed E-state index contributed by atoms with van der Waals surface area (Å²) < 4.78 is 5.41. The van der Waals surface area contributed by atoms with Crippen LogP contribution in [0.3, 0.4) is 0 Å². The summed E-state index contributed by atoms with van der Waals surface area (Å²) in [6, 6.07) is 8.55. The van der Waals surface area contributed by atoms with Crippen LogP contribution in [0.25, 0.3) is 0 Å². The van der Waals surface area contributed by atoms with E-state index < -0.39 is 0 Å². The first-order valence-electron chi connectivity index (χ1n) is 9.50. The molecule has 5 rings (SSSR count). The molecule has 1 aliphatic heterocycles. The maximum Gasteiger partial charge on any atom is 0.229 e. The van der Waals surface area contributed by atoms with Crippen LogP contribution in [0.2, 0.25) is 0 Å². The largest absolute Gasteiger partial charge is 0.339 e. The number of fused-ring (bicyclic) bond motifs is 1. The van der Waals surface area contributed by atoms with Gasteiger partial charge < -0.3 is 9.42 Å². The smallest absolute Gasteiger partial charge is 0.229 e. The Kier molecular flexibility index (Phi) is 3.61. The first-order chi connectivity index (χ1) is 12.3. The van der Waals surface area contributed by atoms with Crippen molar-refractivity contribution in [3.05, 3.63) is 47.1 Å². The van der Waals surface area contributed by atoms with E-state index in [4.69, 9.17) is 4.52 Å². The Hall–Kier alpha value is -2.17. The predicted molar refractivity (Wildman–Crippen MR) is 92.1 cm³/mol. The zero-order chi connectivity index (χ0) is 16.8. The molecule has 0 bridgehead atoms. The molecular weight excluding hydrogens is 314 g/mol. The van der Waals surface area contributed by atoms with Crippen molar-refractivity contribution in [2.75, 3.05) is 6.54 Å². The van der Waals surface area contributed by atoms with Gasteiger partial charge in [-0.1, -0.05) is 29.4 Å². The highest BCUT2D eigenvalue weighted by Gasteiger charge is 2.37. The molecule has 1 saturated heterocycles. The van der Waals surface area contributed by atoms with Crippen molar-refractivity contribution in [2.24, 2.45) is 0 Å². The molecule has 1 amide bonds. The number of hydrogen-bond donors (Lipinski definition) is 0. The second-order valence-electron chi connectivity index (χ2n) is 7.65. The molecule has 2 aromatic rings. The van der Waals surface area contributed by atoms with Crippen LogP contribution in [0.15, 0.2) is 28.8 Å². The Balaban J connectivity index is 1.31. The van der Waals surface area contributed by atoms with Crippen LogP contribution in [0.1, 0.15) is 79.2 Å². The fourth-order valence-corrected chi connectivity index (χ4v) is 4.40. The van der Waals surface area contributed by atoms with Crippen molar-refractivity contribution in [3.8, 4) is 0 Å². The Morgan fingerprint density at radius 2 is 2.08 bits per heavy atom. The fourth-order valence-electron chi connectivity index (χ4n) is 4.40. The summed E-state index contributed by atoms with van der Waals surface area (Å²) in [7, 11) is 0. The van der Waals surface area contributed by atoms with Gasteiger partial charge in [-0.3, -0.25) is 4.79 Å². The van der Waals surface area contributed by atoms with Crippen molar-refractivity contribution in [1.82, 2.24) is 15.0 Å². The minimum Gasteiger partial charge on any atom is -0.339 e.